The number of fused-ring (bicyclic) bond motifs is 3. The number of nitrogens with zero attached hydrogens (tertiary/aromatic N) is 4. The van der Waals surface area contributed by atoms with Crippen molar-refractivity contribution in [2.75, 3.05) is 16.4 Å². The van der Waals surface area contributed by atoms with Gasteiger partial charge < -0.3 is 15.4 Å². The van der Waals surface area contributed by atoms with E-state index < -0.39 is 5.60 Å². The molecule has 2 aromatic carbocycles. The minimum atomic E-state index is -0.404. The van der Waals surface area contributed by atoms with Crippen molar-refractivity contribution in [3.8, 4) is 6.07 Å². The lowest BCUT2D eigenvalue weighted by Crippen LogP contribution is -2.33. The van der Waals surface area contributed by atoms with E-state index in [0.717, 1.165) is 16.8 Å². The average Bonchev–Trinajstić information content (AvgIpc) is 3.28. The van der Waals surface area contributed by atoms with Gasteiger partial charge in [-0.3, -0.25) is 9.20 Å². The van der Waals surface area contributed by atoms with Crippen molar-refractivity contribution in [1.82, 2.24) is 14.6 Å². The van der Waals surface area contributed by atoms with E-state index in [1.807, 2.05) is 48.6 Å². The Hall–Kier alpha value is -3.58. The Morgan fingerprint density at radius 1 is 1.14 bits per heavy atom. The van der Waals surface area contributed by atoms with Crippen LogP contribution in [0.2, 0.25) is 5.02 Å². The highest BCUT2D eigenvalue weighted by atomic mass is 35.5. The molecule has 182 valence electrons. The van der Waals surface area contributed by atoms with Gasteiger partial charge in [0.2, 0.25) is 5.91 Å². The van der Waals surface area contributed by atoms with Gasteiger partial charge in [0.05, 0.1) is 23.5 Å². The zero-order valence-electron chi connectivity index (χ0n) is 19.7. The summed E-state index contributed by atoms with van der Waals surface area (Å²) in [7, 11) is 0. The molecule has 5 rings (SSSR count). The molecule has 0 radical (unpaired) electrons. The Labute approximate surface area is 217 Å². The number of hydrogen-bond acceptors (Lipinski definition) is 7. The number of carbonyl (C=O) groups is 1. The van der Waals surface area contributed by atoms with Gasteiger partial charge in [0.15, 0.2) is 10.8 Å². The van der Waals surface area contributed by atoms with E-state index in [2.05, 4.69) is 26.9 Å². The first-order valence-corrected chi connectivity index (χ1v) is 12.7. The summed E-state index contributed by atoms with van der Waals surface area (Å²) in [5.41, 5.74) is 3.95. The molecule has 1 aliphatic rings. The molecule has 0 unspecified atom stereocenters. The number of anilines is 3. The molecule has 0 saturated carbocycles. The minimum Gasteiger partial charge on any atom is -0.370 e. The number of rotatable bonds is 6. The number of thioether (sulfide) groups is 1. The van der Waals surface area contributed by atoms with Crippen LogP contribution in [0.4, 0.5) is 17.2 Å². The number of pyridine rings is 1. The Kier molecular flexibility index (Phi) is 6.58. The smallest absolute Gasteiger partial charge is 0.234 e. The first-order chi connectivity index (χ1) is 17.3. The van der Waals surface area contributed by atoms with E-state index in [1.165, 1.54) is 11.8 Å². The first-order valence-electron chi connectivity index (χ1n) is 11.3. The van der Waals surface area contributed by atoms with Gasteiger partial charge in [0.1, 0.15) is 11.9 Å². The van der Waals surface area contributed by atoms with Crippen LogP contribution in [-0.4, -0.2) is 31.9 Å². The fraction of sp³-hybridized carbons (Fsp3) is 0.231. The summed E-state index contributed by atoms with van der Waals surface area (Å²) < 4.78 is 7.86. The zero-order valence-corrected chi connectivity index (χ0v) is 21.3. The van der Waals surface area contributed by atoms with Crippen molar-refractivity contribution >= 4 is 52.1 Å². The standard InChI is InChI=1S/C26H23ClN6O2S/c1-26(2)12-19-20(13-28)23(30-17-6-4-3-5-7-17)33-24(21(19)14-35-26)31-32-25(33)36-15-22(34)29-18-10-8-16(27)9-11-18/h3-11,30H,12,14-15H2,1-2H3,(H,29,34). The summed E-state index contributed by atoms with van der Waals surface area (Å²) in [5, 5.41) is 26.4. The maximum absolute atomic E-state index is 12.6. The summed E-state index contributed by atoms with van der Waals surface area (Å²) in [5.74, 6) is 0.484. The molecule has 8 nitrogen and oxygen atoms in total. The number of carbonyl (C=O) groups excluding carboxylic acids is 1. The Balaban J connectivity index is 1.53. The molecule has 1 aliphatic heterocycles. The molecular weight excluding hydrogens is 496 g/mol. The molecule has 0 bridgehead atoms. The van der Waals surface area contributed by atoms with Gasteiger partial charge in [-0.1, -0.05) is 41.6 Å². The molecule has 3 heterocycles. The predicted octanol–water partition coefficient (Wildman–Crippen LogP) is 5.58. The van der Waals surface area contributed by atoms with Crippen molar-refractivity contribution in [1.29, 1.82) is 5.26 Å². The van der Waals surface area contributed by atoms with Crippen LogP contribution in [0.3, 0.4) is 0 Å². The molecule has 2 N–H and O–H groups in total. The van der Waals surface area contributed by atoms with Crippen LogP contribution in [0, 0.1) is 11.3 Å². The van der Waals surface area contributed by atoms with Gasteiger partial charge in [-0.05, 0) is 55.8 Å². The number of benzene rings is 2. The lowest BCUT2D eigenvalue weighted by Gasteiger charge is -2.33. The van der Waals surface area contributed by atoms with Crippen LogP contribution in [-0.2, 0) is 22.6 Å². The number of nitrogens with one attached hydrogen (secondary N) is 2. The molecule has 4 aromatic rings. The zero-order chi connectivity index (χ0) is 25.3. The molecule has 0 spiro atoms. The topological polar surface area (TPSA) is 104 Å². The van der Waals surface area contributed by atoms with Gasteiger partial charge in [-0.25, -0.2) is 0 Å². The minimum absolute atomic E-state index is 0.108. The van der Waals surface area contributed by atoms with Gasteiger partial charge in [0.25, 0.3) is 0 Å². The van der Waals surface area contributed by atoms with Crippen molar-refractivity contribution in [2.24, 2.45) is 0 Å². The van der Waals surface area contributed by atoms with Crippen LogP contribution in [0.25, 0.3) is 5.65 Å². The summed E-state index contributed by atoms with van der Waals surface area (Å²) in [6, 6.07) is 18.9. The largest absolute Gasteiger partial charge is 0.370 e. The van der Waals surface area contributed by atoms with E-state index in [1.54, 1.807) is 24.3 Å². The monoisotopic (exact) mass is 518 g/mol. The summed E-state index contributed by atoms with van der Waals surface area (Å²) >= 11 is 7.17. The van der Waals surface area contributed by atoms with Crippen LogP contribution in [0.15, 0.2) is 59.8 Å². The fourth-order valence-corrected chi connectivity index (χ4v) is 5.01. The van der Waals surface area contributed by atoms with E-state index in [4.69, 9.17) is 16.3 Å². The van der Waals surface area contributed by atoms with Gasteiger partial charge >= 0.3 is 0 Å². The van der Waals surface area contributed by atoms with E-state index in [-0.39, 0.29) is 11.7 Å². The third-order valence-electron chi connectivity index (χ3n) is 5.85. The first kappa shape index (κ1) is 24.1. The number of hydrogen-bond donors (Lipinski definition) is 2. The number of nitriles is 1. The number of ether oxygens (including phenoxy) is 1. The van der Waals surface area contributed by atoms with Crippen LogP contribution in [0.5, 0.6) is 0 Å². The third-order valence-corrected chi connectivity index (χ3v) is 7.03. The number of amides is 1. The average molecular weight is 519 g/mol. The van der Waals surface area contributed by atoms with Crippen molar-refractivity contribution in [2.45, 2.75) is 37.6 Å². The SMILES string of the molecule is CC1(C)Cc2c(C#N)c(Nc3ccccc3)n3c(SCC(=O)Nc4ccc(Cl)cc4)nnc3c2CO1. The van der Waals surface area contributed by atoms with Gasteiger partial charge in [-0.15, -0.1) is 10.2 Å². The maximum Gasteiger partial charge on any atom is 0.234 e. The molecular formula is C26H23ClN6O2S. The Bertz CT molecular complexity index is 1480. The highest BCUT2D eigenvalue weighted by Gasteiger charge is 2.33. The predicted molar refractivity (Wildman–Crippen MR) is 141 cm³/mol. The van der Waals surface area contributed by atoms with Crippen molar-refractivity contribution in [3.05, 3.63) is 76.3 Å². The normalized spacial score (nSPS) is 14.2. The van der Waals surface area contributed by atoms with Crippen molar-refractivity contribution < 1.29 is 9.53 Å². The maximum atomic E-state index is 12.6. The molecule has 36 heavy (non-hydrogen) atoms. The molecule has 2 aromatic heterocycles. The number of para-hydroxylation sites is 1. The quantitative estimate of drug-likeness (QED) is 0.321. The number of halogens is 1. The third kappa shape index (κ3) is 4.88. The second-order valence-electron chi connectivity index (χ2n) is 8.99. The van der Waals surface area contributed by atoms with E-state index >= 15 is 0 Å². The lowest BCUT2D eigenvalue weighted by atomic mass is 9.89. The van der Waals surface area contributed by atoms with E-state index in [9.17, 15) is 10.1 Å². The van der Waals surface area contributed by atoms with E-state index in [0.29, 0.717) is 45.9 Å². The lowest BCUT2D eigenvalue weighted by molar-refractivity contribution is -0.113. The number of aromatic nitrogens is 3. The molecule has 0 atom stereocenters. The summed E-state index contributed by atoms with van der Waals surface area (Å²) in [6.45, 7) is 4.35. The second-order valence-corrected chi connectivity index (χ2v) is 10.4. The highest BCUT2D eigenvalue weighted by molar-refractivity contribution is 7.99. The fourth-order valence-electron chi connectivity index (χ4n) is 4.15. The summed E-state index contributed by atoms with van der Waals surface area (Å²) in [6.07, 6.45) is 0.573. The van der Waals surface area contributed by atoms with Gasteiger partial charge in [0, 0.05) is 28.4 Å². The van der Waals surface area contributed by atoms with Crippen LogP contribution >= 0.6 is 23.4 Å². The van der Waals surface area contributed by atoms with Crippen molar-refractivity contribution in [3.63, 3.8) is 0 Å². The molecule has 0 aliphatic carbocycles. The molecule has 0 saturated heterocycles. The second kappa shape index (κ2) is 9.82. The Morgan fingerprint density at radius 2 is 1.89 bits per heavy atom. The highest BCUT2D eigenvalue weighted by Crippen LogP contribution is 2.38. The Morgan fingerprint density at radius 3 is 2.61 bits per heavy atom. The molecule has 1 amide bonds. The molecule has 10 heteroatoms. The summed E-state index contributed by atoms with van der Waals surface area (Å²) in [4.78, 5) is 12.6. The van der Waals surface area contributed by atoms with Crippen LogP contribution in [0.1, 0.15) is 30.5 Å². The van der Waals surface area contributed by atoms with Crippen LogP contribution < -0.4 is 10.6 Å². The van der Waals surface area contributed by atoms with Gasteiger partial charge in [-0.2, -0.15) is 5.26 Å². The molecule has 0 fully saturated rings.